The molecule has 1 heterocycles. The number of rotatable bonds is 6. The van der Waals surface area contributed by atoms with Crippen LogP contribution in [0.1, 0.15) is 23.2 Å². The average Bonchev–Trinajstić information content (AvgIpc) is 2.69. The second-order valence-corrected chi connectivity index (χ2v) is 6.77. The van der Waals surface area contributed by atoms with Crippen LogP contribution >= 0.6 is 0 Å². The van der Waals surface area contributed by atoms with Crippen LogP contribution in [0, 0.1) is 16.0 Å². The number of anilines is 2. The number of hydrogen-bond donors (Lipinski definition) is 2. The highest BCUT2D eigenvalue weighted by Crippen LogP contribution is 2.29. The normalized spacial score (nSPS) is 14.8. The molecule has 0 radical (unpaired) electrons. The molecule has 0 unspecified atom stereocenters. The summed E-state index contributed by atoms with van der Waals surface area (Å²) in [4.78, 5) is 25.6. The third kappa shape index (κ3) is 4.62. The summed E-state index contributed by atoms with van der Waals surface area (Å²) in [5, 5.41) is 17.7. The van der Waals surface area contributed by atoms with E-state index < -0.39 is 4.92 Å². The van der Waals surface area contributed by atoms with Crippen LogP contribution < -0.4 is 10.6 Å². The Morgan fingerprint density at radius 1 is 1.19 bits per heavy atom. The molecule has 0 bridgehead atoms. The van der Waals surface area contributed by atoms with E-state index in [2.05, 4.69) is 10.6 Å². The Kier molecular flexibility index (Phi) is 6.03. The molecule has 1 fully saturated rings. The Labute approximate surface area is 158 Å². The first kappa shape index (κ1) is 18.8. The molecule has 2 aromatic rings. The van der Waals surface area contributed by atoms with Crippen molar-refractivity contribution in [3.8, 4) is 0 Å². The van der Waals surface area contributed by atoms with E-state index in [0.717, 1.165) is 25.1 Å². The second kappa shape index (κ2) is 8.64. The maximum atomic E-state index is 12.8. The van der Waals surface area contributed by atoms with E-state index in [4.69, 9.17) is 0 Å². The number of hydrogen-bond acceptors (Lipinski definition) is 5. The molecule has 1 aliphatic heterocycles. The highest BCUT2D eigenvalue weighted by Gasteiger charge is 2.25. The van der Waals surface area contributed by atoms with E-state index in [9.17, 15) is 14.9 Å². The number of nitrogens with one attached hydrogen (secondary N) is 2. The number of nitrogens with zero attached hydrogens (tertiary/aromatic N) is 2. The van der Waals surface area contributed by atoms with E-state index >= 15 is 0 Å². The summed E-state index contributed by atoms with van der Waals surface area (Å²) < 4.78 is 0. The van der Waals surface area contributed by atoms with E-state index in [1.54, 1.807) is 17.0 Å². The van der Waals surface area contributed by atoms with Gasteiger partial charge in [0.2, 0.25) is 0 Å². The predicted molar refractivity (Wildman–Crippen MR) is 105 cm³/mol. The van der Waals surface area contributed by atoms with Gasteiger partial charge in [-0.15, -0.1) is 0 Å². The summed E-state index contributed by atoms with van der Waals surface area (Å²) in [6.07, 6.45) is 1.89. The monoisotopic (exact) mass is 368 g/mol. The zero-order chi connectivity index (χ0) is 19.2. The minimum Gasteiger partial charge on any atom is -0.350 e. The van der Waals surface area contributed by atoms with E-state index in [-0.39, 0.29) is 11.6 Å². The molecule has 3 rings (SSSR count). The molecule has 0 aliphatic carbocycles. The number of carbonyl (C=O) groups is 1. The first-order valence-electron chi connectivity index (χ1n) is 9.13. The zero-order valence-corrected chi connectivity index (χ0v) is 15.4. The summed E-state index contributed by atoms with van der Waals surface area (Å²) in [7, 11) is 1.93. The molecule has 0 atom stereocenters. The number of likely N-dealkylation sites (tertiary alicyclic amines) is 1. The maximum absolute atomic E-state index is 12.8. The smallest absolute Gasteiger partial charge is 0.293 e. The van der Waals surface area contributed by atoms with Crippen LogP contribution in [-0.2, 0) is 0 Å². The van der Waals surface area contributed by atoms with Gasteiger partial charge in [0, 0.05) is 30.4 Å². The summed E-state index contributed by atoms with van der Waals surface area (Å²) in [6, 6.07) is 13.9. The second-order valence-electron chi connectivity index (χ2n) is 6.77. The van der Waals surface area contributed by atoms with Crippen LogP contribution in [0.15, 0.2) is 48.5 Å². The minimum absolute atomic E-state index is 0.102. The summed E-state index contributed by atoms with van der Waals surface area (Å²) in [5.41, 5.74) is 1.38. The highest BCUT2D eigenvalue weighted by atomic mass is 16.6. The van der Waals surface area contributed by atoms with Gasteiger partial charge in [0.1, 0.15) is 5.69 Å². The largest absolute Gasteiger partial charge is 0.350 e. The van der Waals surface area contributed by atoms with Crippen molar-refractivity contribution in [1.82, 2.24) is 10.2 Å². The number of piperidine rings is 1. The van der Waals surface area contributed by atoms with Crippen LogP contribution in [0.2, 0.25) is 0 Å². The fraction of sp³-hybridized carbons (Fsp3) is 0.350. The van der Waals surface area contributed by atoms with Crippen LogP contribution in [0.25, 0.3) is 0 Å². The first-order chi connectivity index (χ1) is 13.1. The molecule has 1 aliphatic rings. The topological polar surface area (TPSA) is 87.5 Å². The average molecular weight is 368 g/mol. The summed E-state index contributed by atoms with van der Waals surface area (Å²) in [6.45, 7) is 2.32. The standard InChI is InChI=1S/C20H24N4O3/c1-21-14-15-9-11-23(12-10-15)20(25)16-7-8-18(19(13-16)24(26)27)22-17-5-3-2-4-6-17/h2-8,13,15,21-22H,9-12,14H2,1H3. The van der Waals surface area contributed by atoms with Crippen LogP contribution in [0.4, 0.5) is 17.1 Å². The van der Waals surface area contributed by atoms with Crippen molar-refractivity contribution >= 4 is 23.0 Å². The molecule has 0 spiro atoms. The van der Waals surface area contributed by atoms with Gasteiger partial charge in [-0.3, -0.25) is 14.9 Å². The van der Waals surface area contributed by atoms with Crippen LogP contribution in [0.5, 0.6) is 0 Å². The van der Waals surface area contributed by atoms with Crippen molar-refractivity contribution in [1.29, 1.82) is 0 Å². The van der Waals surface area contributed by atoms with Gasteiger partial charge in [-0.05, 0) is 56.6 Å². The van der Waals surface area contributed by atoms with Gasteiger partial charge >= 0.3 is 0 Å². The Morgan fingerprint density at radius 2 is 1.89 bits per heavy atom. The summed E-state index contributed by atoms with van der Waals surface area (Å²) in [5.74, 6) is 0.429. The molecule has 1 saturated heterocycles. The maximum Gasteiger partial charge on any atom is 0.293 e. The molecule has 2 aromatic carbocycles. The molecule has 1 amide bonds. The molecule has 0 saturated carbocycles. The highest BCUT2D eigenvalue weighted by molar-refractivity contribution is 5.96. The fourth-order valence-corrected chi connectivity index (χ4v) is 3.41. The number of amides is 1. The number of carbonyl (C=O) groups excluding carboxylic acids is 1. The van der Waals surface area contributed by atoms with Gasteiger partial charge in [-0.1, -0.05) is 18.2 Å². The first-order valence-corrected chi connectivity index (χ1v) is 9.13. The van der Waals surface area contributed by atoms with Crippen LogP contribution in [-0.4, -0.2) is 42.4 Å². The Hall–Kier alpha value is -2.93. The van der Waals surface area contributed by atoms with Crippen LogP contribution in [0.3, 0.4) is 0 Å². The molecule has 0 aromatic heterocycles. The minimum atomic E-state index is -0.457. The number of para-hydroxylation sites is 1. The lowest BCUT2D eigenvalue weighted by Crippen LogP contribution is -2.40. The molecule has 7 nitrogen and oxygen atoms in total. The van der Waals surface area contributed by atoms with E-state index in [1.807, 2.05) is 37.4 Å². The molecule has 142 valence electrons. The molecule has 27 heavy (non-hydrogen) atoms. The van der Waals surface area contributed by atoms with Crippen molar-refractivity contribution in [2.75, 3.05) is 32.0 Å². The lowest BCUT2D eigenvalue weighted by Gasteiger charge is -2.32. The number of nitro groups is 1. The van der Waals surface area contributed by atoms with Gasteiger partial charge in [0.05, 0.1) is 4.92 Å². The molecule has 2 N–H and O–H groups in total. The quantitative estimate of drug-likeness (QED) is 0.603. The Morgan fingerprint density at radius 3 is 2.52 bits per heavy atom. The van der Waals surface area contributed by atoms with Gasteiger partial charge < -0.3 is 15.5 Å². The SMILES string of the molecule is CNCC1CCN(C(=O)c2ccc(Nc3ccccc3)c([N+](=O)[O-])c2)CC1. The van der Waals surface area contributed by atoms with E-state index in [1.165, 1.54) is 6.07 Å². The fourth-order valence-electron chi connectivity index (χ4n) is 3.41. The van der Waals surface area contributed by atoms with Gasteiger partial charge in [0.25, 0.3) is 11.6 Å². The third-order valence-corrected chi connectivity index (χ3v) is 4.89. The Balaban J connectivity index is 1.76. The summed E-state index contributed by atoms with van der Waals surface area (Å²) >= 11 is 0. The molecular weight excluding hydrogens is 344 g/mol. The van der Waals surface area contributed by atoms with Gasteiger partial charge in [-0.2, -0.15) is 0 Å². The molecular formula is C20H24N4O3. The van der Waals surface area contributed by atoms with Crippen molar-refractivity contribution in [3.63, 3.8) is 0 Å². The van der Waals surface area contributed by atoms with Crippen molar-refractivity contribution in [2.24, 2.45) is 5.92 Å². The number of benzene rings is 2. The zero-order valence-electron chi connectivity index (χ0n) is 15.4. The van der Waals surface area contributed by atoms with Crippen molar-refractivity contribution < 1.29 is 9.72 Å². The lowest BCUT2D eigenvalue weighted by atomic mass is 9.96. The van der Waals surface area contributed by atoms with Gasteiger partial charge in [0.15, 0.2) is 0 Å². The Bertz CT molecular complexity index is 802. The van der Waals surface area contributed by atoms with Crippen molar-refractivity contribution in [3.05, 3.63) is 64.2 Å². The van der Waals surface area contributed by atoms with Crippen molar-refractivity contribution in [2.45, 2.75) is 12.8 Å². The third-order valence-electron chi connectivity index (χ3n) is 4.89. The molecule has 7 heteroatoms. The van der Waals surface area contributed by atoms with E-state index in [0.29, 0.717) is 30.3 Å². The predicted octanol–water partition coefficient (Wildman–Crippen LogP) is 3.41. The van der Waals surface area contributed by atoms with Gasteiger partial charge in [-0.25, -0.2) is 0 Å². The number of nitro benzene ring substituents is 1. The lowest BCUT2D eigenvalue weighted by molar-refractivity contribution is -0.383.